The molecule has 2 aromatic rings. The molecule has 0 bridgehead atoms. The van der Waals surface area contributed by atoms with Crippen LogP contribution < -0.4 is 11.2 Å². The van der Waals surface area contributed by atoms with Gasteiger partial charge >= 0.3 is 5.69 Å². The van der Waals surface area contributed by atoms with E-state index in [4.69, 9.17) is 0 Å². The van der Waals surface area contributed by atoms with Gasteiger partial charge < -0.3 is 9.55 Å². The average Bonchev–Trinajstić information content (AvgIpc) is 2.63. The topological polar surface area (TPSA) is 59.8 Å². The minimum Gasteiger partial charge on any atom is -0.342 e. The first kappa shape index (κ1) is 16.3. The Morgan fingerprint density at radius 1 is 1.29 bits per heavy atom. The number of aromatic amines is 1. The van der Waals surface area contributed by atoms with Crippen LogP contribution in [0.2, 0.25) is 0 Å². The summed E-state index contributed by atoms with van der Waals surface area (Å²) in [6, 6.07) is 0. The Hall–Kier alpha value is -1.08. The maximum absolute atomic E-state index is 12.6. The lowest BCUT2D eigenvalue weighted by Gasteiger charge is -2.20. The summed E-state index contributed by atoms with van der Waals surface area (Å²) in [7, 11) is 1.84. The zero-order valence-electron chi connectivity index (χ0n) is 12.7. The largest absolute Gasteiger partial charge is 0.342 e. The van der Waals surface area contributed by atoms with Crippen LogP contribution in [0.15, 0.2) is 9.59 Å². The average molecular weight is 327 g/mol. The van der Waals surface area contributed by atoms with E-state index in [-0.39, 0.29) is 16.0 Å². The Morgan fingerprint density at radius 2 is 1.90 bits per heavy atom. The highest BCUT2D eigenvalue weighted by Crippen LogP contribution is 2.21. The molecule has 1 atom stereocenters. The molecule has 2 rings (SSSR count). The van der Waals surface area contributed by atoms with E-state index < -0.39 is 0 Å². The molecule has 0 aliphatic carbocycles. The van der Waals surface area contributed by atoms with E-state index in [9.17, 15) is 9.59 Å². The zero-order chi connectivity index (χ0) is 15.9. The van der Waals surface area contributed by atoms with Crippen LogP contribution in [0.4, 0.5) is 0 Å². The molecular formula is C14H21N3O2S2. The zero-order valence-corrected chi connectivity index (χ0v) is 14.5. The SMILES string of the molecule is Cc1c(C)n(C)c2c(=O)n(CCC(C)(S)CS)c(=O)[nH]c12. The maximum atomic E-state index is 12.6. The number of thiol groups is 2. The number of nitrogens with one attached hydrogen (secondary N) is 1. The van der Waals surface area contributed by atoms with Crippen LogP contribution in [-0.2, 0) is 13.6 Å². The first-order valence-corrected chi connectivity index (χ1v) is 7.89. The molecule has 21 heavy (non-hydrogen) atoms. The minimum atomic E-state index is -0.371. The van der Waals surface area contributed by atoms with Crippen molar-refractivity contribution >= 4 is 36.3 Å². The second-order valence-electron chi connectivity index (χ2n) is 5.79. The molecule has 0 radical (unpaired) electrons. The fourth-order valence-electron chi connectivity index (χ4n) is 2.38. The van der Waals surface area contributed by atoms with Gasteiger partial charge in [0.05, 0.1) is 5.52 Å². The van der Waals surface area contributed by atoms with Crippen molar-refractivity contribution in [2.45, 2.75) is 38.5 Å². The quantitative estimate of drug-likeness (QED) is 0.748. The van der Waals surface area contributed by atoms with Crippen molar-refractivity contribution in [3.8, 4) is 0 Å². The summed E-state index contributed by atoms with van der Waals surface area (Å²) in [5.74, 6) is 0.577. The van der Waals surface area contributed by atoms with Crippen molar-refractivity contribution in [1.29, 1.82) is 0 Å². The van der Waals surface area contributed by atoms with Crippen LogP contribution in [0.25, 0.3) is 11.0 Å². The van der Waals surface area contributed by atoms with E-state index in [1.54, 1.807) is 0 Å². The lowest BCUT2D eigenvalue weighted by atomic mass is 10.1. The third kappa shape index (κ3) is 2.81. The number of fused-ring (bicyclic) bond motifs is 1. The molecule has 7 heteroatoms. The number of nitrogens with zero attached hydrogens (tertiary/aromatic N) is 2. The van der Waals surface area contributed by atoms with Crippen molar-refractivity contribution in [3.05, 3.63) is 32.1 Å². The minimum absolute atomic E-state index is 0.254. The Kier molecular flexibility index (Phi) is 4.35. The lowest BCUT2D eigenvalue weighted by molar-refractivity contribution is 0.534. The summed E-state index contributed by atoms with van der Waals surface area (Å²) in [6.45, 7) is 6.11. The smallest absolute Gasteiger partial charge is 0.328 e. The van der Waals surface area contributed by atoms with E-state index in [1.165, 1.54) is 4.57 Å². The standard InChI is InChI=1S/C14H21N3O2S2/c1-8-9(2)16(4)11-10(8)15-13(19)17(12(11)18)6-5-14(3,21)7-20/h20-21H,5-7H2,1-4H3,(H,15,19). The third-order valence-corrected chi connectivity index (χ3v) is 5.46. The van der Waals surface area contributed by atoms with Gasteiger partial charge in [0.2, 0.25) is 0 Å². The van der Waals surface area contributed by atoms with Crippen LogP contribution in [0.1, 0.15) is 24.6 Å². The van der Waals surface area contributed by atoms with E-state index in [0.29, 0.717) is 29.8 Å². The van der Waals surface area contributed by atoms with E-state index in [2.05, 4.69) is 30.2 Å². The van der Waals surface area contributed by atoms with Gasteiger partial charge in [-0.1, -0.05) is 0 Å². The molecule has 0 saturated heterocycles. The van der Waals surface area contributed by atoms with Crippen molar-refractivity contribution in [2.24, 2.45) is 7.05 Å². The van der Waals surface area contributed by atoms with Crippen LogP contribution in [0.5, 0.6) is 0 Å². The van der Waals surface area contributed by atoms with Gasteiger partial charge in [-0.05, 0) is 32.8 Å². The summed E-state index contributed by atoms with van der Waals surface area (Å²) in [6.07, 6.45) is 0.594. The highest BCUT2D eigenvalue weighted by Gasteiger charge is 2.20. The number of hydrogen-bond donors (Lipinski definition) is 3. The second-order valence-corrected chi connectivity index (χ2v) is 7.18. The Balaban J connectivity index is 2.59. The van der Waals surface area contributed by atoms with Gasteiger partial charge in [0.1, 0.15) is 5.52 Å². The highest BCUT2D eigenvalue weighted by molar-refractivity contribution is 7.85. The van der Waals surface area contributed by atoms with Gasteiger partial charge in [-0.2, -0.15) is 25.3 Å². The summed E-state index contributed by atoms with van der Waals surface area (Å²) >= 11 is 8.73. The van der Waals surface area contributed by atoms with Crippen LogP contribution in [0.3, 0.4) is 0 Å². The molecule has 1 N–H and O–H groups in total. The molecular weight excluding hydrogens is 306 g/mol. The summed E-state index contributed by atoms with van der Waals surface area (Å²) in [4.78, 5) is 27.6. The van der Waals surface area contributed by atoms with Gasteiger partial charge in [0.25, 0.3) is 5.56 Å². The van der Waals surface area contributed by atoms with E-state index >= 15 is 0 Å². The van der Waals surface area contributed by atoms with Gasteiger partial charge in [-0.25, -0.2) is 4.79 Å². The van der Waals surface area contributed by atoms with Gasteiger partial charge in [-0.15, -0.1) is 0 Å². The number of hydrogen-bond acceptors (Lipinski definition) is 4. The number of rotatable bonds is 4. The van der Waals surface area contributed by atoms with Crippen molar-refractivity contribution in [1.82, 2.24) is 14.1 Å². The number of H-pyrrole nitrogens is 1. The molecule has 0 aliphatic rings. The second kappa shape index (κ2) is 5.61. The van der Waals surface area contributed by atoms with E-state index in [1.807, 2.05) is 32.4 Å². The first-order chi connectivity index (χ1) is 9.69. The van der Waals surface area contributed by atoms with Crippen LogP contribution in [0, 0.1) is 13.8 Å². The summed E-state index contributed by atoms with van der Waals surface area (Å²) < 4.78 is 2.76. The fourth-order valence-corrected chi connectivity index (χ4v) is 2.64. The molecule has 2 aromatic heterocycles. The lowest BCUT2D eigenvalue weighted by Crippen LogP contribution is -2.37. The first-order valence-electron chi connectivity index (χ1n) is 6.81. The van der Waals surface area contributed by atoms with Gasteiger partial charge in [0, 0.05) is 29.8 Å². The van der Waals surface area contributed by atoms with Crippen LogP contribution in [-0.4, -0.2) is 24.6 Å². The monoisotopic (exact) mass is 327 g/mol. The Morgan fingerprint density at radius 3 is 2.48 bits per heavy atom. The fraction of sp³-hybridized carbons (Fsp3) is 0.571. The predicted molar refractivity (Wildman–Crippen MR) is 93.1 cm³/mol. The molecule has 0 aromatic carbocycles. The van der Waals surface area contributed by atoms with E-state index in [0.717, 1.165) is 11.3 Å². The normalized spacial score (nSPS) is 14.6. The molecule has 0 aliphatic heterocycles. The molecule has 0 fully saturated rings. The van der Waals surface area contributed by atoms with Gasteiger partial charge in [-0.3, -0.25) is 9.36 Å². The van der Waals surface area contributed by atoms with Crippen molar-refractivity contribution in [2.75, 3.05) is 5.75 Å². The summed E-state index contributed by atoms with van der Waals surface area (Å²) in [5, 5.41) is 0. The summed E-state index contributed by atoms with van der Waals surface area (Å²) in [5.41, 5.74) is 2.45. The molecule has 0 saturated carbocycles. The van der Waals surface area contributed by atoms with Crippen LogP contribution >= 0.6 is 25.3 Å². The molecule has 1 unspecified atom stereocenters. The number of aryl methyl sites for hydroxylation is 2. The van der Waals surface area contributed by atoms with Crippen molar-refractivity contribution < 1.29 is 0 Å². The van der Waals surface area contributed by atoms with Gasteiger partial charge in [0.15, 0.2) is 0 Å². The Labute approximate surface area is 134 Å². The molecule has 2 heterocycles. The molecule has 0 spiro atoms. The molecule has 116 valence electrons. The van der Waals surface area contributed by atoms with Crippen molar-refractivity contribution in [3.63, 3.8) is 0 Å². The molecule has 0 amide bonds. The highest BCUT2D eigenvalue weighted by atomic mass is 32.1. The predicted octanol–water partition coefficient (Wildman–Crippen LogP) is 1.65. The number of aromatic nitrogens is 3. The third-order valence-electron chi connectivity index (χ3n) is 4.13. The maximum Gasteiger partial charge on any atom is 0.328 e. The Bertz CT molecular complexity index is 799. The molecule has 5 nitrogen and oxygen atoms in total.